The third kappa shape index (κ3) is 12.4. The van der Waals surface area contributed by atoms with E-state index in [2.05, 4.69) is 187 Å². The van der Waals surface area contributed by atoms with E-state index >= 15 is 0 Å². The monoisotopic (exact) mass is 1210 g/mol. The van der Waals surface area contributed by atoms with Crippen LogP contribution in [0.2, 0.25) is 0 Å². The molecule has 0 aliphatic carbocycles. The molecule has 0 N–H and O–H groups in total. The van der Waals surface area contributed by atoms with Crippen LogP contribution >= 0.6 is 0 Å². The number of carbonyl (C=O) groups is 4. The van der Waals surface area contributed by atoms with Crippen molar-refractivity contribution in [3.05, 3.63) is 166 Å². The summed E-state index contributed by atoms with van der Waals surface area (Å²) in [6, 6.07) is 38.4. The lowest BCUT2D eigenvalue weighted by Crippen LogP contribution is -2.24. The van der Waals surface area contributed by atoms with Crippen LogP contribution in [-0.2, 0) is 31.1 Å². The van der Waals surface area contributed by atoms with Crippen LogP contribution in [0.1, 0.15) is 228 Å². The second-order valence-corrected chi connectivity index (χ2v) is 33.0. The predicted octanol–water partition coefficient (Wildman–Crippen LogP) is 22.4. The number of fused-ring (bicyclic) bond motifs is 2. The van der Waals surface area contributed by atoms with E-state index in [4.69, 9.17) is 28.4 Å². The summed E-state index contributed by atoms with van der Waals surface area (Å²) >= 11 is 0. The number of hydrogen-bond acceptors (Lipinski definition) is 10. The van der Waals surface area contributed by atoms with Gasteiger partial charge in [-0.15, -0.1) is 0 Å². The average molecular weight is 1210 g/mol. The molecule has 9 aromatic carbocycles. The van der Waals surface area contributed by atoms with E-state index in [1.807, 2.05) is 48.5 Å². The summed E-state index contributed by atoms with van der Waals surface area (Å²) < 4.78 is 40.0. The number of cyclic esters (lactones) is 4. The van der Waals surface area contributed by atoms with E-state index in [0.717, 1.165) is 47.9 Å². The van der Waals surface area contributed by atoms with Gasteiger partial charge in [0.15, 0.2) is 0 Å². The molecule has 2 aliphatic heterocycles. The molecule has 0 spiro atoms. The molecule has 90 heavy (non-hydrogen) atoms. The molecule has 2 aliphatic rings. The van der Waals surface area contributed by atoms with Crippen molar-refractivity contribution >= 4 is 67.0 Å². The van der Waals surface area contributed by atoms with E-state index in [1.165, 1.54) is 0 Å². The number of esters is 4. The summed E-state index contributed by atoms with van der Waals surface area (Å²) in [6.45, 7) is 44.7. The van der Waals surface area contributed by atoms with Crippen molar-refractivity contribution in [2.24, 2.45) is 21.7 Å². The zero-order valence-corrected chi connectivity index (χ0v) is 56.5. The minimum Gasteiger partial charge on any atom is -0.457 e. The lowest BCUT2D eigenvalue weighted by molar-refractivity contribution is 0.0373. The van der Waals surface area contributed by atoms with Crippen LogP contribution in [0.5, 0.6) is 46.0 Å². The normalized spacial score (nSPS) is 14.4. The first-order valence-corrected chi connectivity index (χ1v) is 31.7. The van der Waals surface area contributed by atoms with Crippen molar-refractivity contribution in [2.45, 2.75) is 186 Å². The Kier molecular flexibility index (Phi) is 15.3. The molecule has 0 atom stereocenters. The van der Waals surface area contributed by atoms with Crippen LogP contribution in [0.4, 0.5) is 0 Å². The average Bonchev–Trinajstić information content (AvgIpc) is 0.676. The van der Waals surface area contributed by atoms with Crippen LogP contribution in [-0.4, -0.2) is 23.9 Å². The summed E-state index contributed by atoms with van der Waals surface area (Å²) in [6.07, 6.45) is 3.68. The van der Waals surface area contributed by atoms with Gasteiger partial charge in [-0.1, -0.05) is 187 Å². The molecule has 10 nitrogen and oxygen atoms in total. The predicted molar refractivity (Wildman–Crippen MR) is 362 cm³/mol. The molecule has 0 saturated carbocycles. The Morgan fingerprint density at radius 3 is 0.600 bits per heavy atom. The standard InChI is InChI=1S/C80H88O10/c1-73(2,3)41-77(13,14)45-21-29-49(30-22-45)85-57-37-53-61-54(70(82)89-69(53)81)39-59(87-51-33-25-47(26-34-51)79(17,18)43-75(7,8)9)65-66-60(88-52-35-27-48(28-36-52)80(19,20)44-76(10,11)12)40-56-62-55(71(83)90-72(56)84)38-58(64(68(62)66)63(57)67(61)65)86-50-31-23-46(24-32-50)78(15,16)42-74(4,5)6/h21-40H,41-44H2,1-20H3. The van der Waals surface area contributed by atoms with Crippen molar-refractivity contribution in [2.75, 3.05) is 0 Å². The van der Waals surface area contributed by atoms with Crippen LogP contribution in [0.3, 0.4) is 0 Å². The number of ether oxygens (including phenoxy) is 6. The summed E-state index contributed by atoms with van der Waals surface area (Å²) in [5.74, 6) is -0.806. The minimum absolute atomic E-state index is 0.0531. The van der Waals surface area contributed by atoms with E-state index < -0.39 is 23.9 Å². The maximum absolute atomic E-state index is 14.6. The molecule has 10 heteroatoms. The number of benzene rings is 9. The Balaban J connectivity index is 1.26. The Labute approximate surface area is 531 Å². The first-order valence-electron chi connectivity index (χ1n) is 31.7. The Morgan fingerprint density at radius 2 is 0.433 bits per heavy atom. The Bertz CT molecular complexity index is 3800. The highest BCUT2D eigenvalue weighted by atomic mass is 16.6. The molecule has 0 bridgehead atoms. The maximum atomic E-state index is 14.6. The molecule has 2 heterocycles. The number of hydrogen-bond donors (Lipinski definition) is 0. The lowest BCUT2D eigenvalue weighted by Gasteiger charge is -2.33. The van der Waals surface area contributed by atoms with Gasteiger partial charge < -0.3 is 28.4 Å². The van der Waals surface area contributed by atoms with Crippen molar-refractivity contribution in [3.63, 3.8) is 0 Å². The van der Waals surface area contributed by atoms with Gasteiger partial charge in [-0.3, -0.25) is 0 Å². The van der Waals surface area contributed by atoms with Gasteiger partial charge >= 0.3 is 23.9 Å². The quantitative estimate of drug-likeness (QED) is 0.0400. The van der Waals surface area contributed by atoms with Crippen LogP contribution < -0.4 is 18.9 Å². The molecule has 0 aromatic heterocycles. The molecular weight excluding hydrogens is 1120 g/mol. The van der Waals surface area contributed by atoms with Crippen molar-refractivity contribution in [1.82, 2.24) is 0 Å². The first kappa shape index (κ1) is 63.3. The Morgan fingerprint density at radius 1 is 0.256 bits per heavy atom. The zero-order chi connectivity index (χ0) is 65.4. The van der Waals surface area contributed by atoms with Crippen molar-refractivity contribution < 1.29 is 47.6 Å². The molecular formula is C80H88O10. The topological polar surface area (TPSA) is 124 Å². The van der Waals surface area contributed by atoms with Crippen LogP contribution in [0.25, 0.3) is 43.1 Å². The SMILES string of the molecule is CC(C)(C)CC(C)(C)c1ccc(Oc2cc3c4c(cc(Oc5ccc(C(C)(C)CC(C)(C)C)cc5)c5c6c(Oc7ccc(C(C)(C)CC(C)(C)C)cc7)cc7c8c(cc(Oc9ccc(C(C)(C)CC(C)(C)C)cc9)c(c2c45)c86)C(=O)OC7=O)C(=O)OC3=O)cc1. The Hall–Kier alpha value is -8.24. The highest BCUT2D eigenvalue weighted by molar-refractivity contribution is 6.43. The lowest BCUT2D eigenvalue weighted by atomic mass is 9.72. The van der Waals surface area contributed by atoms with Crippen LogP contribution in [0.15, 0.2) is 121 Å². The smallest absolute Gasteiger partial charge is 0.346 e. The fourth-order valence-corrected chi connectivity index (χ4v) is 15.6. The van der Waals surface area contributed by atoms with Crippen molar-refractivity contribution in [1.29, 1.82) is 0 Å². The number of carbonyl (C=O) groups excluding carboxylic acids is 4. The third-order valence-corrected chi connectivity index (χ3v) is 17.8. The summed E-state index contributed by atoms with van der Waals surface area (Å²) in [5.41, 5.74) is 4.26. The summed E-state index contributed by atoms with van der Waals surface area (Å²) in [4.78, 5) is 58.4. The highest BCUT2D eigenvalue weighted by Gasteiger charge is 2.40. The van der Waals surface area contributed by atoms with E-state index in [9.17, 15) is 19.2 Å². The minimum atomic E-state index is -0.863. The highest BCUT2D eigenvalue weighted by Crippen LogP contribution is 2.58. The van der Waals surface area contributed by atoms with E-state index in [0.29, 0.717) is 66.1 Å². The van der Waals surface area contributed by atoms with Gasteiger partial charge in [0.2, 0.25) is 0 Å². The van der Waals surface area contributed by atoms with Gasteiger partial charge in [-0.05, 0) is 164 Å². The van der Waals surface area contributed by atoms with Gasteiger partial charge in [0, 0.05) is 43.1 Å². The molecule has 0 radical (unpaired) electrons. The second kappa shape index (κ2) is 21.7. The van der Waals surface area contributed by atoms with Gasteiger partial charge in [-0.2, -0.15) is 0 Å². The molecule has 0 amide bonds. The van der Waals surface area contributed by atoms with Gasteiger partial charge in [0.25, 0.3) is 0 Å². The van der Waals surface area contributed by atoms with Gasteiger partial charge in [0.05, 0.1) is 22.3 Å². The first-order chi connectivity index (χ1) is 41.7. The third-order valence-electron chi connectivity index (χ3n) is 17.8. The van der Waals surface area contributed by atoms with Crippen LogP contribution in [0, 0.1) is 21.7 Å². The fourth-order valence-electron chi connectivity index (χ4n) is 15.6. The van der Waals surface area contributed by atoms with E-state index in [1.54, 1.807) is 24.3 Å². The molecule has 0 fully saturated rings. The van der Waals surface area contributed by atoms with Crippen molar-refractivity contribution in [3.8, 4) is 46.0 Å². The molecule has 9 aromatic rings. The zero-order valence-electron chi connectivity index (χ0n) is 56.5. The summed E-state index contributed by atoms with van der Waals surface area (Å²) in [5, 5.41) is 3.03. The maximum Gasteiger partial charge on any atom is 0.346 e. The van der Waals surface area contributed by atoms with Gasteiger partial charge in [0.1, 0.15) is 46.0 Å². The fraction of sp³-hybridized carbons (Fsp3) is 0.400. The molecule has 11 rings (SSSR count). The molecule has 0 unspecified atom stereocenters. The number of rotatable bonds is 16. The second-order valence-electron chi connectivity index (χ2n) is 33.0. The van der Waals surface area contributed by atoms with E-state index in [-0.39, 0.29) is 88.6 Å². The largest absolute Gasteiger partial charge is 0.457 e. The van der Waals surface area contributed by atoms with Gasteiger partial charge in [-0.25, -0.2) is 19.2 Å². The molecule has 0 saturated heterocycles. The molecule has 468 valence electrons. The summed E-state index contributed by atoms with van der Waals surface area (Å²) in [7, 11) is 0.